The van der Waals surface area contributed by atoms with Crippen LogP contribution in [-0.4, -0.2) is 48.3 Å². The second-order valence-electron chi connectivity index (χ2n) is 8.43. The van der Waals surface area contributed by atoms with Crippen LogP contribution in [0.4, 0.5) is 14.6 Å². The summed E-state index contributed by atoms with van der Waals surface area (Å²) >= 11 is 0. The highest BCUT2D eigenvalue weighted by Crippen LogP contribution is 2.25. The van der Waals surface area contributed by atoms with Gasteiger partial charge in [0.25, 0.3) is 5.91 Å². The molecule has 1 N–H and O–H groups in total. The molecule has 2 aromatic heterocycles. The maximum absolute atomic E-state index is 14.8. The molecule has 7 nitrogen and oxygen atoms in total. The molecular formula is C25H28F2N4O3. The van der Waals surface area contributed by atoms with Crippen molar-refractivity contribution < 1.29 is 18.3 Å². The summed E-state index contributed by atoms with van der Waals surface area (Å²) in [6.07, 6.45) is 4.95. The molecule has 0 unspecified atom stereocenters. The van der Waals surface area contributed by atoms with Gasteiger partial charge in [-0.15, -0.1) is 0 Å². The van der Waals surface area contributed by atoms with E-state index in [1.807, 2.05) is 4.90 Å². The van der Waals surface area contributed by atoms with E-state index in [1.165, 1.54) is 16.8 Å². The van der Waals surface area contributed by atoms with Gasteiger partial charge >= 0.3 is 0 Å². The van der Waals surface area contributed by atoms with Gasteiger partial charge in [-0.1, -0.05) is 19.8 Å². The summed E-state index contributed by atoms with van der Waals surface area (Å²) < 4.78 is 35.2. The first-order valence-corrected chi connectivity index (χ1v) is 11.5. The Morgan fingerprint density at radius 1 is 1.24 bits per heavy atom. The number of halogens is 2. The Morgan fingerprint density at radius 3 is 2.76 bits per heavy atom. The second-order valence-corrected chi connectivity index (χ2v) is 8.43. The number of fused-ring (bicyclic) bond motifs is 1. The fourth-order valence-corrected chi connectivity index (χ4v) is 4.19. The summed E-state index contributed by atoms with van der Waals surface area (Å²) in [5, 5.41) is 2.94. The molecule has 1 amide bonds. The summed E-state index contributed by atoms with van der Waals surface area (Å²) in [6.45, 7) is 3.86. The molecule has 1 saturated heterocycles. The number of methoxy groups -OCH3 is 1. The minimum Gasteiger partial charge on any atom is -0.380 e. The second kappa shape index (κ2) is 10.3. The molecule has 1 aliphatic rings. The highest BCUT2D eigenvalue weighted by molar-refractivity contribution is 5.97. The van der Waals surface area contributed by atoms with E-state index in [1.54, 1.807) is 19.2 Å². The third kappa shape index (κ3) is 4.79. The first kappa shape index (κ1) is 23.8. The highest BCUT2D eigenvalue weighted by Gasteiger charge is 2.25. The van der Waals surface area contributed by atoms with E-state index >= 15 is 0 Å². The summed E-state index contributed by atoms with van der Waals surface area (Å²) in [4.78, 5) is 32.7. The van der Waals surface area contributed by atoms with Crippen molar-refractivity contribution >= 4 is 22.8 Å². The first-order chi connectivity index (χ1) is 16.4. The van der Waals surface area contributed by atoms with Gasteiger partial charge in [-0.2, -0.15) is 0 Å². The Hall–Kier alpha value is -3.33. The number of hydrogen-bond acceptors (Lipinski definition) is 5. The molecule has 0 bridgehead atoms. The number of aromatic nitrogens is 2. The van der Waals surface area contributed by atoms with Gasteiger partial charge in [0.05, 0.1) is 17.2 Å². The summed E-state index contributed by atoms with van der Waals surface area (Å²) in [6, 6.07) is 6.47. The molecule has 1 atom stereocenters. The summed E-state index contributed by atoms with van der Waals surface area (Å²) in [5.74, 6) is -1.48. The van der Waals surface area contributed by atoms with Gasteiger partial charge in [0.15, 0.2) is 5.65 Å². The average Bonchev–Trinajstić information content (AvgIpc) is 3.32. The van der Waals surface area contributed by atoms with Gasteiger partial charge in [-0.05, 0) is 37.1 Å². The van der Waals surface area contributed by atoms with E-state index in [-0.39, 0.29) is 28.4 Å². The normalized spacial score (nSPS) is 15.8. The van der Waals surface area contributed by atoms with Crippen LogP contribution in [0.15, 0.2) is 41.3 Å². The van der Waals surface area contributed by atoms with Crippen molar-refractivity contribution in [3.63, 3.8) is 0 Å². The van der Waals surface area contributed by atoms with Crippen molar-refractivity contribution in [2.24, 2.45) is 0 Å². The van der Waals surface area contributed by atoms with Crippen molar-refractivity contribution in [3.8, 4) is 5.69 Å². The number of amides is 1. The van der Waals surface area contributed by atoms with Gasteiger partial charge < -0.3 is 15.0 Å². The lowest BCUT2D eigenvalue weighted by Gasteiger charge is -2.19. The van der Waals surface area contributed by atoms with Crippen LogP contribution in [0, 0.1) is 11.6 Å². The molecule has 180 valence electrons. The maximum atomic E-state index is 14.8. The number of anilines is 1. The Morgan fingerprint density at radius 2 is 2.06 bits per heavy atom. The number of carbonyl (C=O) groups is 1. The quantitative estimate of drug-likeness (QED) is 0.507. The Balaban J connectivity index is 1.83. The van der Waals surface area contributed by atoms with E-state index in [2.05, 4.69) is 17.2 Å². The smallest absolute Gasteiger partial charge is 0.256 e. The van der Waals surface area contributed by atoms with Crippen molar-refractivity contribution in [2.75, 3.05) is 31.6 Å². The average molecular weight is 471 g/mol. The van der Waals surface area contributed by atoms with E-state index in [4.69, 9.17) is 4.74 Å². The number of pyridine rings is 2. The molecule has 9 heteroatoms. The van der Waals surface area contributed by atoms with Gasteiger partial charge in [0.2, 0.25) is 5.43 Å². The van der Waals surface area contributed by atoms with Crippen molar-refractivity contribution in [1.29, 1.82) is 0 Å². The van der Waals surface area contributed by atoms with Gasteiger partial charge in [-0.25, -0.2) is 13.8 Å². The lowest BCUT2D eigenvalue weighted by Crippen LogP contribution is -2.31. The van der Waals surface area contributed by atoms with Gasteiger partial charge in [0, 0.05) is 39.0 Å². The standard InChI is InChI=1S/C25H28F2N4O3/c1-3-4-5-11-28-25(33)19-15-31(21-8-6-16(26)13-20(21)27)24-18(23(19)32)7-9-22(29-24)30-12-10-17(14-30)34-2/h6-9,13,15,17H,3-5,10-12,14H2,1-2H3,(H,28,33)/t17-/m1/s1. The molecule has 1 aromatic carbocycles. The SMILES string of the molecule is CCCCCNC(=O)c1cn(-c2ccc(F)cc2F)c2nc(N3CC[C@@H](OC)C3)ccc2c1=O. The van der Waals surface area contributed by atoms with Crippen LogP contribution in [0.5, 0.6) is 0 Å². The fraction of sp³-hybridized carbons (Fsp3) is 0.400. The van der Waals surface area contributed by atoms with Gasteiger partial charge in [0.1, 0.15) is 23.0 Å². The first-order valence-electron chi connectivity index (χ1n) is 11.5. The van der Waals surface area contributed by atoms with Crippen LogP contribution >= 0.6 is 0 Å². The minimum atomic E-state index is -0.827. The monoisotopic (exact) mass is 470 g/mol. The number of benzene rings is 1. The topological polar surface area (TPSA) is 76.5 Å². The summed E-state index contributed by atoms with van der Waals surface area (Å²) in [7, 11) is 1.66. The summed E-state index contributed by atoms with van der Waals surface area (Å²) in [5.41, 5.74) is -0.427. The Kier molecular flexibility index (Phi) is 7.21. The molecule has 1 fully saturated rings. The third-order valence-electron chi connectivity index (χ3n) is 6.12. The van der Waals surface area contributed by atoms with Crippen molar-refractivity contribution in [3.05, 3.63) is 63.9 Å². The zero-order valence-corrected chi connectivity index (χ0v) is 19.3. The van der Waals surface area contributed by atoms with E-state index in [0.717, 1.165) is 44.4 Å². The largest absolute Gasteiger partial charge is 0.380 e. The molecular weight excluding hydrogens is 442 g/mol. The number of ether oxygens (including phenoxy) is 1. The van der Waals surface area contributed by atoms with Crippen LogP contribution in [-0.2, 0) is 4.74 Å². The van der Waals surface area contributed by atoms with Crippen LogP contribution < -0.4 is 15.6 Å². The minimum absolute atomic E-state index is 0.00715. The number of unbranched alkanes of at least 4 members (excludes halogenated alkanes) is 2. The maximum Gasteiger partial charge on any atom is 0.256 e. The van der Waals surface area contributed by atoms with E-state index in [0.29, 0.717) is 18.9 Å². The predicted molar refractivity (Wildman–Crippen MR) is 127 cm³/mol. The molecule has 0 spiro atoms. The Bertz CT molecular complexity index is 1260. The lowest BCUT2D eigenvalue weighted by atomic mass is 10.1. The van der Waals surface area contributed by atoms with Crippen LogP contribution in [0.3, 0.4) is 0 Å². The molecule has 0 aliphatic carbocycles. The third-order valence-corrected chi connectivity index (χ3v) is 6.12. The Labute approximate surface area is 196 Å². The molecule has 34 heavy (non-hydrogen) atoms. The van der Waals surface area contributed by atoms with E-state index in [9.17, 15) is 18.4 Å². The van der Waals surface area contributed by atoms with Crippen LogP contribution in [0.1, 0.15) is 43.0 Å². The fourth-order valence-electron chi connectivity index (χ4n) is 4.19. The number of nitrogens with one attached hydrogen (secondary N) is 1. The highest BCUT2D eigenvalue weighted by atomic mass is 19.1. The van der Waals surface area contributed by atoms with Crippen LogP contribution in [0.2, 0.25) is 0 Å². The van der Waals surface area contributed by atoms with Gasteiger partial charge in [-0.3, -0.25) is 14.2 Å². The van der Waals surface area contributed by atoms with Crippen molar-refractivity contribution in [2.45, 2.75) is 38.7 Å². The lowest BCUT2D eigenvalue weighted by molar-refractivity contribution is 0.0951. The zero-order valence-electron chi connectivity index (χ0n) is 19.3. The van der Waals surface area contributed by atoms with E-state index < -0.39 is 23.0 Å². The number of carbonyl (C=O) groups excluding carboxylic acids is 1. The molecule has 3 heterocycles. The molecule has 0 saturated carbocycles. The molecule has 0 radical (unpaired) electrons. The molecule has 1 aliphatic heterocycles. The molecule has 4 rings (SSSR count). The zero-order chi connectivity index (χ0) is 24.2. The van der Waals surface area contributed by atoms with Crippen molar-refractivity contribution in [1.82, 2.24) is 14.9 Å². The van der Waals surface area contributed by atoms with Crippen LogP contribution in [0.25, 0.3) is 16.7 Å². The number of rotatable bonds is 8. The predicted octanol–water partition coefficient (Wildman–Crippen LogP) is 3.81. The molecule has 3 aromatic rings. The number of hydrogen-bond donors (Lipinski definition) is 1. The number of nitrogens with zero attached hydrogens (tertiary/aromatic N) is 3.